The molecule has 0 saturated heterocycles. The summed E-state index contributed by atoms with van der Waals surface area (Å²) < 4.78 is 5.30. The Morgan fingerprint density at radius 3 is 2.39 bits per heavy atom. The van der Waals surface area contributed by atoms with E-state index in [0.29, 0.717) is 10.7 Å². The monoisotopic (exact) mass is 262 g/mol. The van der Waals surface area contributed by atoms with Crippen molar-refractivity contribution in [3.05, 3.63) is 58.6 Å². The maximum atomic E-state index is 6.23. The molecule has 18 heavy (non-hydrogen) atoms. The summed E-state index contributed by atoms with van der Waals surface area (Å²) in [4.78, 5) is 0. The fraction of sp³-hybridized carbons (Fsp3) is 0.143. The molecule has 0 aromatic heterocycles. The summed E-state index contributed by atoms with van der Waals surface area (Å²) in [6.45, 7) is 0. The molecule has 0 aliphatic heterocycles. The summed E-state index contributed by atoms with van der Waals surface area (Å²) in [7, 11) is 1.61. The Morgan fingerprint density at radius 2 is 1.78 bits per heavy atom. The van der Waals surface area contributed by atoms with E-state index in [1.165, 1.54) is 0 Å². The first-order valence-corrected chi connectivity index (χ1v) is 5.94. The molecule has 3 nitrogen and oxygen atoms in total. The highest BCUT2D eigenvalue weighted by atomic mass is 35.5. The average molecular weight is 263 g/mol. The predicted molar refractivity (Wildman–Crippen MR) is 74.9 cm³/mol. The molecule has 4 heteroatoms. The van der Waals surface area contributed by atoms with Crippen molar-refractivity contribution in [3.63, 3.8) is 0 Å². The third-order valence-electron chi connectivity index (χ3n) is 2.82. The summed E-state index contributed by atoms with van der Waals surface area (Å²) >= 11 is 6.00. The van der Waals surface area contributed by atoms with Crippen LogP contribution in [0.3, 0.4) is 0 Å². The summed E-state index contributed by atoms with van der Waals surface area (Å²) in [5.41, 5.74) is 14.4. The highest BCUT2D eigenvalue weighted by Crippen LogP contribution is 2.30. The van der Waals surface area contributed by atoms with Gasteiger partial charge in [-0.2, -0.15) is 0 Å². The minimum Gasteiger partial charge on any atom is -0.496 e. The Bertz CT molecular complexity index is 540. The molecule has 4 N–H and O–H groups in total. The topological polar surface area (TPSA) is 61.3 Å². The van der Waals surface area contributed by atoms with Crippen LogP contribution in [0.25, 0.3) is 0 Å². The summed E-state index contributed by atoms with van der Waals surface area (Å²) in [6.07, 6.45) is 0. The van der Waals surface area contributed by atoms with Gasteiger partial charge in [0.15, 0.2) is 0 Å². The van der Waals surface area contributed by atoms with Gasteiger partial charge in [-0.1, -0.05) is 23.7 Å². The highest BCUT2D eigenvalue weighted by molar-refractivity contribution is 6.30. The van der Waals surface area contributed by atoms with E-state index in [1.54, 1.807) is 13.2 Å². The van der Waals surface area contributed by atoms with Crippen LogP contribution in [0.15, 0.2) is 42.5 Å². The molecule has 0 saturated carbocycles. The van der Waals surface area contributed by atoms with Gasteiger partial charge in [0, 0.05) is 16.3 Å². The lowest BCUT2D eigenvalue weighted by Crippen LogP contribution is -2.13. The van der Waals surface area contributed by atoms with Gasteiger partial charge >= 0.3 is 0 Å². The molecule has 0 amide bonds. The normalized spacial score (nSPS) is 12.2. The van der Waals surface area contributed by atoms with Crippen molar-refractivity contribution in [1.82, 2.24) is 0 Å². The molecule has 0 aliphatic carbocycles. The zero-order valence-electron chi connectivity index (χ0n) is 10.1. The van der Waals surface area contributed by atoms with E-state index < -0.39 is 0 Å². The number of benzene rings is 2. The first-order chi connectivity index (χ1) is 8.61. The standard InChI is InChI=1S/C14H15ClN2O/c1-18-13-7-4-10(15)8-12(13)14(17)9-2-5-11(16)6-3-9/h2-8,14H,16-17H2,1H3. The Morgan fingerprint density at radius 1 is 1.11 bits per heavy atom. The van der Waals surface area contributed by atoms with Gasteiger partial charge in [-0.15, -0.1) is 0 Å². The Kier molecular flexibility index (Phi) is 3.75. The molecule has 2 rings (SSSR count). The number of methoxy groups -OCH3 is 1. The van der Waals surface area contributed by atoms with E-state index in [-0.39, 0.29) is 6.04 Å². The van der Waals surface area contributed by atoms with Gasteiger partial charge < -0.3 is 16.2 Å². The largest absolute Gasteiger partial charge is 0.496 e. The van der Waals surface area contributed by atoms with Crippen LogP contribution in [0.4, 0.5) is 5.69 Å². The number of halogens is 1. The van der Waals surface area contributed by atoms with Crippen LogP contribution in [0.1, 0.15) is 17.2 Å². The zero-order valence-corrected chi connectivity index (χ0v) is 10.8. The van der Waals surface area contributed by atoms with Gasteiger partial charge in [0.25, 0.3) is 0 Å². The van der Waals surface area contributed by atoms with Gasteiger partial charge in [0.1, 0.15) is 5.75 Å². The van der Waals surface area contributed by atoms with Crippen molar-refractivity contribution in [3.8, 4) is 5.75 Å². The Balaban J connectivity index is 2.41. The molecule has 2 aromatic carbocycles. The van der Waals surface area contributed by atoms with E-state index in [9.17, 15) is 0 Å². The quantitative estimate of drug-likeness (QED) is 0.836. The maximum Gasteiger partial charge on any atom is 0.124 e. The second-order valence-corrected chi connectivity index (χ2v) is 4.47. The Hall–Kier alpha value is -1.71. The zero-order chi connectivity index (χ0) is 13.1. The van der Waals surface area contributed by atoms with Crippen molar-refractivity contribution in [2.75, 3.05) is 12.8 Å². The molecule has 2 aromatic rings. The number of rotatable bonds is 3. The van der Waals surface area contributed by atoms with E-state index in [1.807, 2.05) is 36.4 Å². The molecule has 0 bridgehead atoms. The highest BCUT2D eigenvalue weighted by Gasteiger charge is 2.14. The molecule has 0 aliphatic rings. The minimum atomic E-state index is -0.292. The molecule has 94 valence electrons. The number of hydrogen-bond acceptors (Lipinski definition) is 3. The van der Waals surface area contributed by atoms with E-state index in [0.717, 1.165) is 16.9 Å². The molecule has 0 heterocycles. The lowest BCUT2D eigenvalue weighted by molar-refractivity contribution is 0.408. The second-order valence-electron chi connectivity index (χ2n) is 4.03. The van der Waals surface area contributed by atoms with Crippen LogP contribution in [0.2, 0.25) is 5.02 Å². The lowest BCUT2D eigenvalue weighted by atomic mass is 9.98. The number of nitrogen functional groups attached to an aromatic ring is 1. The summed E-state index contributed by atoms with van der Waals surface area (Å²) in [6, 6.07) is 12.6. The first kappa shape index (κ1) is 12.7. The van der Waals surface area contributed by atoms with Crippen LogP contribution in [-0.2, 0) is 0 Å². The fourth-order valence-electron chi connectivity index (χ4n) is 1.83. The average Bonchev–Trinajstić information content (AvgIpc) is 2.39. The van der Waals surface area contributed by atoms with Gasteiger partial charge in [-0.05, 0) is 35.9 Å². The molecular weight excluding hydrogens is 248 g/mol. The molecule has 0 radical (unpaired) electrons. The number of anilines is 1. The van der Waals surface area contributed by atoms with E-state index in [2.05, 4.69) is 0 Å². The smallest absolute Gasteiger partial charge is 0.124 e. The maximum absolute atomic E-state index is 6.23. The van der Waals surface area contributed by atoms with Crippen molar-refractivity contribution < 1.29 is 4.74 Å². The third kappa shape index (κ3) is 2.58. The lowest BCUT2D eigenvalue weighted by Gasteiger charge is -2.16. The van der Waals surface area contributed by atoms with Crippen LogP contribution in [-0.4, -0.2) is 7.11 Å². The first-order valence-electron chi connectivity index (χ1n) is 5.56. The van der Waals surface area contributed by atoms with Crippen molar-refractivity contribution in [2.45, 2.75) is 6.04 Å². The molecule has 1 unspecified atom stereocenters. The van der Waals surface area contributed by atoms with Gasteiger partial charge in [-0.3, -0.25) is 0 Å². The summed E-state index contributed by atoms with van der Waals surface area (Å²) in [5.74, 6) is 0.726. The van der Waals surface area contributed by atoms with Crippen LogP contribution < -0.4 is 16.2 Å². The Labute approximate surface area is 111 Å². The van der Waals surface area contributed by atoms with Crippen molar-refractivity contribution in [1.29, 1.82) is 0 Å². The number of ether oxygens (including phenoxy) is 1. The third-order valence-corrected chi connectivity index (χ3v) is 3.06. The van der Waals surface area contributed by atoms with E-state index in [4.69, 9.17) is 27.8 Å². The number of hydrogen-bond donors (Lipinski definition) is 2. The molecular formula is C14H15ClN2O. The minimum absolute atomic E-state index is 0.292. The second kappa shape index (κ2) is 5.29. The van der Waals surface area contributed by atoms with Gasteiger partial charge in [0.2, 0.25) is 0 Å². The van der Waals surface area contributed by atoms with Gasteiger partial charge in [-0.25, -0.2) is 0 Å². The van der Waals surface area contributed by atoms with Crippen LogP contribution in [0.5, 0.6) is 5.75 Å². The van der Waals surface area contributed by atoms with Crippen LogP contribution in [0, 0.1) is 0 Å². The number of nitrogens with two attached hydrogens (primary N) is 2. The fourth-order valence-corrected chi connectivity index (χ4v) is 2.01. The van der Waals surface area contributed by atoms with Gasteiger partial charge in [0.05, 0.1) is 13.2 Å². The van der Waals surface area contributed by atoms with Crippen molar-refractivity contribution >= 4 is 17.3 Å². The van der Waals surface area contributed by atoms with Crippen molar-refractivity contribution in [2.24, 2.45) is 5.73 Å². The molecule has 0 fully saturated rings. The van der Waals surface area contributed by atoms with E-state index >= 15 is 0 Å². The SMILES string of the molecule is COc1ccc(Cl)cc1C(N)c1ccc(N)cc1. The molecule has 0 spiro atoms. The molecule has 1 atom stereocenters. The predicted octanol–water partition coefficient (Wildman–Crippen LogP) is 2.98. The van der Waals surface area contributed by atoms with Crippen LogP contribution >= 0.6 is 11.6 Å². The summed E-state index contributed by atoms with van der Waals surface area (Å²) in [5, 5.41) is 0.636.